The highest BCUT2D eigenvalue weighted by atomic mass is 14.4. The Bertz CT molecular complexity index is 199. The summed E-state index contributed by atoms with van der Waals surface area (Å²) < 4.78 is 0. The van der Waals surface area contributed by atoms with Crippen molar-refractivity contribution in [1.82, 2.24) is 0 Å². The van der Waals surface area contributed by atoms with Gasteiger partial charge in [-0.2, -0.15) is 0 Å². The average Bonchev–Trinajstić information content (AvgIpc) is 2.34. The largest absolute Gasteiger partial charge is 0.0771 e. The molecule has 0 unspecified atom stereocenters. The lowest BCUT2D eigenvalue weighted by atomic mass is 9.62. The highest BCUT2D eigenvalue weighted by molar-refractivity contribution is 5.21. The first-order valence-corrected chi connectivity index (χ1v) is 4.71. The Labute approximate surface area is 76.4 Å². The first-order valence-electron chi connectivity index (χ1n) is 4.71. The van der Waals surface area contributed by atoms with Crippen molar-refractivity contribution in [2.45, 2.75) is 34.6 Å². The van der Waals surface area contributed by atoms with Gasteiger partial charge in [-0.15, -0.1) is 0 Å². The smallest absolute Gasteiger partial charge is 0.000899 e. The van der Waals surface area contributed by atoms with E-state index in [2.05, 4.69) is 58.9 Å². The summed E-state index contributed by atoms with van der Waals surface area (Å²) in [5, 5.41) is 0. The van der Waals surface area contributed by atoms with Crippen LogP contribution < -0.4 is 0 Å². The third kappa shape index (κ3) is 1.48. The van der Waals surface area contributed by atoms with Crippen molar-refractivity contribution in [3.05, 3.63) is 24.3 Å². The molecule has 0 N–H and O–H groups in total. The molecule has 0 radical (unpaired) electrons. The van der Waals surface area contributed by atoms with Crippen molar-refractivity contribution < 1.29 is 0 Å². The van der Waals surface area contributed by atoms with Gasteiger partial charge >= 0.3 is 0 Å². The first kappa shape index (κ1) is 9.57. The van der Waals surface area contributed by atoms with Gasteiger partial charge < -0.3 is 0 Å². The van der Waals surface area contributed by atoms with E-state index in [4.69, 9.17) is 0 Å². The van der Waals surface area contributed by atoms with Crippen molar-refractivity contribution in [2.24, 2.45) is 16.7 Å². The summed E-state index contributed by atoms with van der Waals surface area (Å²) in [6.45, 7) is 11.6. The van der Waals surface area contributed by atoms with E-state index in [9.17, 15) is 0 Å². The third-order valence-corrected chi connectivity index (χ3v) is 3.51. The highest BCUT2D eigenvalue weighted by Crippen LogP contribution is 2.46. The number of rotatable bonds is 1. The molecule has 0 atom stereocenters. The lowest BCUT2D eigenvalue weighted by Crippen LogP contribution is -2.34. The van der Waals surface area contributed by atoms with Crippen LogP contribution in [0.2, 0.25) is 0 Å². The van der Waals surface area contributed by atoms with E-state index >= 15 is 0 Å². The van der Waals surface area contributed by atoms with Gasteiger partial charge in [-0.1, -0.05) is 58.9 Å². The molecule has 0 amide bonds. The molecule has 0 nitrogen and oxygen atoms in total. The second-order valence-corrected chi connectivity index (χ2v) is 5.27. The maximum absolute atomic E-state index is 2.34. The van der Waals surface area contributed by atoms with Gasteiger partial charge in [-0.25, -0.2) is 0 Å². The summed E-state index contributed by atoms with van der Waals surface area (Å²) in [4.78, 5) is 0. The van der Waals surface area contributed by atoms with Crippen LogP contribution in [0, 0.1) is 16.7 Å². The molecule has 1 aliphatic rings. The van der Waals surface area contributed by atoms with Gasteiger partial charge in [0.25, 0.3) is 0 Å². The number of hydrogen-bond donors (Lipinski definition) is 0. The van der Waals surface area contributed by atoms with Crippen molar-refractivity contribution in [2.75, 3.05) is 0 Å². The lowest BCUT2D eigenvalue weighted by Gasteiger charge is -2.42. The molecule has 0 aliphatic heterocycles. The van der Waals surface area contributed by atoms with E-state index in [1.54, 1.807) is 0 Å². The molecular weight excluding hydrogens is 144 g/mol. The van der Waals surface area contributed by atoms with Crippen molar-refractivity contribution in [1.29, 1.82) is 0 Å². The minimum Gasteiger partial charge on any atom is -0.0771 e. The molecule has 0 heterocycles. The van der Waals surface area contributed by atoms with E-state index in [0.717, 1.165) is 0 Å². The molecule has 0 heteroatoms. The summed E-state index contributed by atoms with van der Waals surface area (Å²) >= 11 is 0. The molecule has 0 aromatic heterocycles. The van der Waals surface area contributed by atoms with Crippen LogP contribution >= 0.6 is 0 Å². The van der Waals surface area contributed by atoms with Crippen LogP contribution in [-0.4, -0.2) is 0 Å². The molecule has 1 rings (SSSR count). The molecule has 0 spiro atoms. The Kier molecular flexibility index (Phi) is 2.20. The minimum absolute atomic E-state index is 0.344. The Morgan fingerprint density at radius 1 is 0.833 bits per heavy atom. The zero-order valence-electron chi connectivity index (χ0n) is 8.89. The van der Waals surface area contributed by atoms with E-state index < -0.39 is 0 Å². The molecule has 0 saturated heterocycles. The quantitative estimate of drug-likeness (QED) is 0.553. The second kappa shape index (κ2) is 2.76. The Balaban J connectivity index is 2.85. The Morgan fingerprint density at radius 3 is 1.58 bits per heavy atom. The van der Waals surface area contributed by atoms with Crippen molar-refractivity contribution in [3.63, 3.8) is 0 Å². The van der Waals surface area contributed by atoms with Gasteiger partial charge in [0, 0.05) is 5.92 Å². The van der Waals surface area contributed by atoms with E-state index in [-0.39, 0.29) is 0 Å². The molecule has 0 aromatic carbocycles. The monoisotopic (exact) mass is 164 g/mol. The van der Waals surface area contributed by atoms with Crippen LogP contribution in [0.3, 0.4) is 0 Å². The summed E-state index contributed by atoms with van der Waals surface area (Å²) in [5.41, 5.74) is 0.702. The second-order valence-electron chi connectivity index (χ2n) is 5.27. The molecule has 0 saturated carbocycles. The van der Waals surface area contributed by atoms with Gasteiger partial charge in [0.05, 0.1) is 0 Å². The van der Waals surface area contributed by atoms with Gasteiger partial charge in [0.2, 0.25) is 0 Å². The number of allylic oxidation sites excluding steroid dienone is 4. The molecule has 0 aromatic rings. The van der Waals surface area contributed by atoms with Gasteiger partial charge in [0.1, 0.15) is 0 Å². The molecule has 0 fully saturated rings. The first-order chi connectivity index (χ1) is 5.36. The molecule has 0 bridgehead atoms. The zero-order valence-corrected chi connectivity index (χ0v) is 8.89. The fourth-order valence-electron chi connectivity index (χ4n) is 1.41. The predicted octanol–water partition coefficient (Wildman–Crippen LogP) is 3.80. The summed E-state index contributed by atoms with van der Waals surface area (Å²) in [5.74, 6) is 0.609. The summed E-state index contributed by atoms with van der Waals surface area (Å²) in [6, 6.07) is 0. The van der Waals surface area contributed by atoms with Crippen molar-refractivity contribution in [3.8, 4) is 0 Å². The van der Waals surface area contributed by atoms with E-state index in [1.165, 1.54) is 0 Å². The molecular formula is C12H20. The standard InChI is InChI=1S/C12H20/c1-11(2,3)12(4,5)10-8-6-7-9-10/h6-10H,1-5H3. The van der Waals surface area contributed by atoms with Crippen molar-refractivity contribution >= 4 is 0 Å². The molecule has 1 aliphatic carbocycles. The Morgan fingerprint density at radius 2 is 1.25 bits per heavy atom. The highest BCUT2D eigenvalue weighted by Gasteiger charge is 2.37. The van der Waals surface area contributed by atoms with E-state index in [1.807, 2.05) is 0 Å². The normalized spacial score (nSPS) is 19.1. The van der Waals surface area contributed by atoms with Crippen LogP contribution in [-0.2, 0) is 0 Å². The zero-order chi connectivity index (χ0) is 9.41. The van der Waals surface area contributed by atoms with E-state index in [0.29, 0.717) is 16.7 Å². The number of hydrogen-bond acceptors (Lipinski definition) is 0. The lowest BCUT2D eigenvalue weighted by molar-refractivity contribution is 0.101. The minimum atomic E-state index is 0.344. The fraction of sp³-hybridized carbons (Fsp3) is 0.667. The van der Waals surface area contributed by atoms with Gasteiger partial charge in [-0.3, -0.25) is 0 Å². The van der Waals surface area contributed by atoms with Crippen LogP contribution in [0.1, 0.15) is 34.6 Å². The molecule has 68 valence electrons. The predicted molar refractivity (Wildman–Crippen MR) is 55.0 cm³/mol. The van der Waals surface area contributed by atoms with Gasteiger partial charge in [0.15, 0.2) is 0 Å². The summed E-state index contributed by atoms with van der Waals surface area (Å²) in [6.07, 6.45) is 8.90. The van der Waals surface area contributed by atoms with Crippen LogP contribution in [0.15, 0.2) is 24.3 Å². The molecule has 12 heavy (non-hydrogen) atoms. The fourth-order valence-corrected chi connectivity index (χ4v) is 1.41. The van der Waals surface area contributed by atoms with Crippen LogP contribution in [0.5, 0.6) is 0 Å². The maximum atomic E-state index is 2.34. The topological polar surface area (TPSA) is 0 Å². The van der Waals surface area contributed by atoms with Crippen LogP contribution in [0.25, 0.3) is 0 Å². The Hall–Kier alpha value is -0.520. The van der Waals surface area contributed by atoms with Crippen LogP contribution in [0.4, 0.5) is 0 Å². The SMILES string of the molecule is CC(C)(C)C(C)(C)C1C=CC=C1. The average molecular weight is 164 g/mol. The summed E-state index contributed by atoms with van der Waals surface area (Å²) in [7, 11) is 0. The third-order valence-electron chi connectivity index (χ3n) is 3.51. The maximum Gasteiger partial charge on any atom is 0.000899 e. The van der Waals surface area contributed by atoms with Gasteiger partial charge in [-0.05, 0) is 10.8 Å².